The molecule has 0 amide bonds. The van der Waals surface area contributed by atoms with Crippen LogP contribution in [0.2, 0.25) is 0 Å². The van der Waals surface area contributed by atoms with Gasteiger partial charge >= 0.3 is 5.97 Å². The van der Waals surface area contributed by atoms with E-state index < -0.39 is 12.0 Å². The minimum absolute atomic E-state index is 0.317. The molecule has 0 saturated carbocycles. The summed E-state index contributed by atoms with van der Waals surface area (Å²) in [6.07, 6.45) is 2.48. The number of ether oxygens (including phenoxy) is 2. The minimum Gasteiger partial charge on any atom is -0.491 e. The first-order chi connectivity index (χ1) is 16.8. The zero-order valence-corrected chi connectivity index (χ0v) is 21.1. The Morgan fingerprint density at radius 2 is 2.06 bits per heavy atom. The molecule has 0 fully saturated rings. The number of aromatic amines is 1. The maximum absolute atomic E-state index is 15.5. The monoisotopic (exact) mass is 504 g/mol. The minimum atomic E-state index is -0.507. The molecule has 1 aliphatic rings. The van der Waals surface area contributed by atoms with Gasteiger partial charge in [0.1, 0.15) is 24.0 Å². The number of carbonyl (C=O) groups is 1. The van der Waals surface area contributed by atoms with Gasteiger partial charge in [-0.2, -0.15) is 0 Å². The lowest BCUT2D eigenvalue weighted by Crippen LogP contribution is -2.41. The largest absolute Gasteiger partial charge is 0.491 e. The molecule has 0 saturated heterocycles. The van der Waals surface area contributed by atoms with Gasteiger partial charge < -0.3 is 18.6 Å². The Labute approximate surface area is 208 Å². The Hall–Kier alpha value is -2.62. The van der Waals surface area contributed by atoms with Crippen molar-refractivity contribution >= 4 is 28.9 Å². The van der Waals surface area contributed by atoms with E-state index in [4.69, 9.17) is 13.7 Å². The fourth-order valence-corrected chi connectivity index (χ4v) is 5.13. The molecule has 6 nitrogen and oxygen atoms in total. The molecule has 0 radical (unpaired) electrons. The summed E-state index contributed by atoms with van der Waals surface area (Å²) in [6.45, 7) is 5.32. The van der Waals surface area contributed by atoms with E-state index in [1.165, 1.54) is 37.4 Å². The van der Waals surface area contributed by atoms with Crippen molar-refractivity contribution in [3.8, 4) is 5.75 Å². The molecule has 3 aromatic rings. The van der Waals surface area contributed by atoms with Crippen molar-refractivity contribution in [2.75, 3.05) is 39.7 Å². The molecular weight excluding hydrogens is 474 g/mol. The molecule has 1 aromatic heterocycles. The van der Waals surface area contributed by atoms with Crippen LogP contribution in [0.5, 0.6) is 5.75 Å². The Morgan fingerprint density at radius 3 is 2.80 bits per heavy atom. The van der Waals surface area contributed by atoms with E-state index in [9.17, 15) is 9.18 Å². The number of fused-ring (bicyclic) bond motifs is 3. The van der Waals surface area contributed by atoms with Gasteiger partial charge in [-0.1, -0.05) is 6.92 Å². The SMILES string of the molecule is COC(=O)[C@H](C)CN1CCc2c([nH]c3ccc(F)cc23)C1c1c(F)ccc(OCCOSC)c1C. The van der Waals surface area contributed by atoms with E-state index >= 15 is 4.39 Å². The molecule has 188 valence electrons. The Bertz CT molecular complexity index is 1220. The number of aromatic nitrogens is 1. The molecule has 35 heavy (non-hydrogen) atoms. The van der Waals surface area contributed by atoms with Gasteiger partial charge in [0.05, 0.1) is 25.7 Å². The van der Waals surface area contributed by atoms with Crippen LogP contribution in [0.25, 0.3) is 10.9 Å². The van der Waals surface area contributed by atoms with Gasteiger partial charge in [0.25, 0.3) is 0 Å². The molecule has 1 unspecified atom stereocenters. The van der Waals surface area contributed by atoms with Gasteiger partial charge in [0.15, 0.2) is 0 Å². The van der Waals surface area contributed by atoms with Crippen molar-refractivity contribution in [1.82, 2.24) is 9.88 Å². The highest BCUT2D eigenvalue weighted by molar-refractivity contribution is 7.93. The maximum Gasteiger partial charge on any atom is 0.309 e. The van der Waals surface area contributed by atoms with Crippen LogP contribution in [0.4, 0.5) is 8.78 Å². The highest BCUT2D eigenvalue weighted by Gasteiger charge is 2.36. The van der Waals surface area contributed by atoms with Crippen LogP contribution in [-0.4, -0.2) is 55.5 Å². The number of hydrogen-bond acceptors (Lipinski definition) is 6. The molecule has 0 spiro atoms. The van der Waals surface area contributed by atoms with E-state index in [-0.39, 0.29) is 17.6 Å². The van der Waals surface area contributed by atoms with Gasteiger partial charge in [-0.15, -0.1) is 0 Å². The third-order valence-electron chi connectivity index (χ3n) is 6.53. The van der Waals surface area contributed by atoms with Gasteiger partial charge in [0, 0.05) is 41.5 Å². The predicted octanol–water partition coefficient (Wildman–Crippen LogP) is 5.18. The van der Waals surface area contributed by atoms with Crippen LogP contribution in [0.1, 0.15) is 35.3 Å². The Balaban J connectivity index is 1.81. The van der Waals surface area contributed by atoms with Crippen molar-refractivity contribution in [2.24, 2.45) is 5.92 Å². The number of hydrogen-bond donors (Lipinski definition) is 1. The summed E-state index contributed by atoms with van der Waals surface area (Å²) >= 11 is 1.26. The van der Waals surface area contributed by atoms with Gasteiger partial charge in [-0.3, -0.25) is 9.69 Å². The summed E-state index contributed by atoms with van der Waals surface area (Å²) in [5.74, 6) is -0.841. The van der Waals surface area contributed by atoms with Crippen LogP contribution in [0.3, 0.4) is 0 Å². The van der Waals surface area contributed by atoms with E-state index in [1.54, 1.807) is 19.1 Å². The molecule has 2 atom stereocenters. The van der Waals surface area contributed by atoms with Crippen LogP contribution in [0, 0.1) is 24.5 Å². The molecular formula is C26H30F2N2O4S. The number of nitrogens with one attached hydrogen (secondary N) is 1. The fourth-order valence-electron chi connectivity index (χ4n) is 4.90. The molecule has 2 aromatic carbocycles. The summed E-state index contributed by atoms with van der Waals surface area (Å²) < 4.78 is 45.7. The average molecular weight is 505 g/mol. The lowest BCUT2D eigenvalue weighted by Gasteiger charge is -2.38. The van der Waals surface area contributed by atoms with Crippen molar-refractivity contribution in [1.29, 1.82) is 0 Å². The zero-order valence-electron chi connectivity index (χ0n) is 20.3. The van der Waals surface area contributed by atoms with Crippen LogP contribution in [-0.2, 0) is 20.1 Å². The molecule has 4 rings (SSSR count). The zero-order chi connectivity index (χ0) is 25.1. The number of nitrogens with zero attached hydrogens (tertiary/aromatic N) is 1. The lowest BCUT2D eigenvalue weighted by atomic mass is 9.88. The van der Waals surface area contributed by atoms with E-state index in [0.29, 0.717) is 49.6 Å². The quantitative estimate of drug-likeness (QED) is 0.246. The number of methoxy groups -OCH3 is 1. The number of benzene rings is 2. The average Bonchev–Trinajstić information content (AvgIpc) is 3.21. The third-order valence-corrected chi connectivity index (χ3v) is 6.93. The van der Waals surface area contributed by atoms with Crippen LogP contribution in [0.15, 0.2) is 30.3 Å². The summed E-state index contributed by atoms with van der Waals surface area (Å²) in [5.41, 5.74) is 3.71. The molecule has 2 heterocycles. The second-order valence-corrected chi connectivity index (χ2v) is 9.27. The smallest absolute Gasteiger partial charge is 0.309 e. The van der Waals surface area contributed by atoms with Gasteiger partial charge in [-0.25, -0.2) is 8.78 Å². The molecule has 0 aliphatic carbocycles. The Morgan fingerprint density at radius 1 is 1.26 bits per heavy atom. The van der Waals surface area contributed by atoms with Gasteiger partial charge in [-0.05, 0) is 66.8 Å². The first kappa shape index (κ1) is 25.5. The third kappa shape index (κ3) is 5.17. The van der Waals surface area contributed by atoms with E-state index in [0.717, 1.165) is 22.2 Å². The second-order valence-electron chi connectivity index (χ2n) is 8.70. The number of carbonyl (C=O) groups excluding carboxylic acids is 1. The number of halogens is 2. The van der Waals surface area contributed by atoms with Crippen molar-refractivity contribution < 1.29 is 27.2 Å². The summed E-state index contributed by atoms with van der Waals surface area (Å²) in [6, 6.07) is 7.16. The summed E-state index contributed by atoms with van der Waals surface area (Å²) in [4.78, 5) is 17.7. The predicted molar refractivity (Wildman–Crippen MR) is 133 cm³/mol. The molecule has 1 aliphatic heterocycles. The van der Waals surface area contributed by atoms with Crippen molar-refractivity contribution in [2.45, 2.75) is 26.3 Å². The molecule has 9 heteroatoms. The number of esters is 1. The van der Waals surface area contributed by atoms with Crippen LogP contribution >= 0.6 is 12.0 Å². The highest BCUT2D eigenvalue weighted by Crippen LogP contribution is 2.42. The van der Waals surface area contributed by atoms with Crippen molar-refractivity contribution in [3.63, 3.8) is 0 Å². The molecule has 0 bridgehead atoms. The first-order valence-electron chi connectivity index (χ1n) is 11.5. The normalized spacial score (nSPS) is 16.8. The number of H-pyrrole nitrogens is 1. The van der Waals surface area contributed by atoms with Gasteiger partial charge in [0.2, 0.25) is 0 Å². The Kier molecular flexibility index (Phi) is 7.98. The standard InChI is InChI=1S/C26H30F2N2O4S/c1-15(26(31)32-3)14-30-10-9-18-19-13-17(27)5-7-21(19)29-24(18)25(30)23-16(2)22(8-6-20(23)28)33-11-12-34-35-4/h5-8,13,15,25,29H,9-12,14H2,1-4H3/t15-,25?/m1/s1. The number of rotatable bonds is 9. The van der Waals surface area contributed by atoms with E-state index in [1.807, 2.05) is 13.2 Å². The topological polar surface area (TPSA) is 63.8 Å². The van der Waals surface area contributed by atoms with Crippen LogP contribution < -0.4 is 4.74 Å². The second kappa shape index (κ2) is 11.0. The van der Waals surface area contributed by atoms with Crippen molar-refractivity contribution in [3.05, 3.63) is 64.4 Å². The summed E-state index contributed by atoms with van der Waals surface area (Å²) in [5, 5.41) is 0.797. The summed E-state index contributed by atoms with van der Waals surface area (Å²) in [7, 11) is 1.36. The lowest BCUT2D eigenvalue weighted by molar-refractivity contribution is -0.145. The first-order valence-corrected chi connectivity index (χ1v) is 12.7. The highest BCUT2D eigenvalue weighted by atomic mass is 32.2. The fraction of sp³-hybridized carbons (Fsp3) is 0.423. The molecule has 1 N–H and O–H groups in total. The van der Waals surface area contributed by atoms with E-state index in [2.05, 4.69) is 9.88 Å². The maximum atomic E-state index is 15.5.